The molecule has 0 aliphatic rings. The molecule has 2 N–H and O–H groups in total. The van der Waals surface area contributed by atoms with Gasteiger partial charge in [0.2, 0.25) is 0 Å². The van der Waals surface area contributed by atoms with Crippen LogP contribution in [0.4, 0.5) is 5.13 Å². The number of ether oxygens (including phenoxy) is 1. The van der Waals surface area contributed by atoms with Crippen LogP contribution in [-0.4, -0.2) is 23.0 Å². The number of amides is 1. The Kier molecular flexibility index (Phi) is 4.02. The summed E-state index contributed by atoms with van der Waals surface area (Å²) in [4.78, 5) is 30.7. The van der Waals surface area contributed by atoms with Gasteiger partial charge in [0.1, 0.15) is 5.75 Å². The number of rotatable bonds is 4. The number of aromatic nitrogens is 2. The quantitative estimate of drug-likeness (QED) is 0.575. The number of carbonyl (C=O) groups excluding carboxylic acids is 1. The number of hydrogen-bond donors (Lipinski definition) is 2. The second-order valence-corrected chi connectivity index (χ2v) is 6.28. The molecule has 0 atom stereocenters. The van der Waals surface area contributed by atoms with Crippen LogP contribution in [0.25, 0.3) is 22.4 Å². The minimum absolute atomic E-state index is 0.296. The molecular formula is C18H13N3O4S. The smallest absolute Gasteiger partial charge is 0.417 e. The molecule has 7 nitrogen and oxygen atoms in total. The number of H-pyrrole nitrogens is 1. The molecular weight excluding hydrogens is 354 g/mol. The highest BCUT2D eigenvalue weighted by Gasteiger charge is 2.14. The first kappa shape index (κ1) is 16.1. The lowest BCUT2D eigenvalue weighted by Crippen LogP contribution is -2.12. The van der Waals surface area contributed by atoms with Crippen molar-refractivity contribution in [3.05, 3.63) is 64.0 Å². The highest BCUT2D eigenvalue weighted by atomic mass is 32.1. The van der Waals surface area contributed by atoms with Gasteiger partial charge >= 0.3 is 5.76 Å². The van der Waals surface area contributed by atoms with E-state index in [1.165, 1.54) is 18.4 Å². The van der Waals surface area contributed by atoms with Crippen molar-refractivity contribution in [2.24, 2.45) is 0 Å². The molecule has 0 radical (unpaired) electrons. The van der Waals surface area contributed by atoms with Gasteiger partial charge in [0.15, 0.2) is 10.7 Å². The summed E-state index contributed by atoms with van der Waals surface area (Å²) in [5.74, 6) is -0.301. The van der Waals surface area contributed by atoms with Crippen LogP contribution in [0.3, 0.4) is 0 Å². The standard InChI is InChI=1S/C18H13N3O4S/c1-24-14-5-3-2-4-11(14)16(22)21-17-19-13(9-26-17)10-6-7-12-15(8-10)25-18(23)20-12/h2-9H,1H3,(H,20,23)(H,19,21,22). The van der Waals surface area contributed by atoms with Gasteiger partial charge in [-0.05, 0) is 24.3 Å². The summed E-state index contributed by atoms with van der Waals surface area (Å²) in [7, 11) is 1.52. The predicted molar refractivity (Wildman–Crippen MR) is 98.9 cm³/mol. The lowest BCUT2D eigenvalue weighted by atomic mass is 10.1. The Hall–Kier alpha value is -3.39. The number of methoxy groups -OCH3 is 1. The van der Waals surface area contributed by atoms with Crippen LogP contribution >= 0.6 is 11.3 Å². The molecule has 26 heavy (non-hydrogen) atoms. The maximum atomic E-state index is 12.4. The van der Waals surface area contributed by atoms with Gasteiger partial charge in [-0.2, -0.15) is 0 Å². The Labute approximate surface area is 151 Å². The molecule has 4 aromatic rings. The maximum absolute atomic E-state index is 12.4. The predicted octanol–water partition coefficient (Wildman–Crippen LogP) is 3.51. The van der Waals surface area contributed by atoms with Gasteiger partial charge < -0.3 is 9.15 Å². The molecule has 0 bridgehead atoms. The zero-order valence-electron chi connectivity index (χ0n) is 13.6. The Morgan fingerprint density at radius 3 is 2.96 bits per heavy atom. The van der Waals surface area contributed by atoms with Crippen molar-refractivity contribution in [1.82, 2.24) is 9.97 Å². The molecule has 0 spiro atoms. The van der Waals surface area contributed by atoms with Crippen molar-refractivity contribution in [2.75, 3.05) is 12.4 Å². The zero-order valence-corrected chi connectivity index (χ0v) is 14.4. The molecule has 0 aliphatic heterocycles. The monoisotopic (exact) mass is 367 g/mol. The zero-order chi connectivity index (χ0) is 18.1. The summed E-state index contributed by atoms with van der Waals surface area (Å²) in [6, 6.07) is 12.3. The molecule has 130 valence electrons. The van der Waals surface area contributed by atoms with Gasteiger partial charge in [0, 0.05) is 10.9 Å². The summed E-state index contributed by atoms with van der Waals surface area (Å²) in [5, 5.41) is 5.06. The molecule has 0 fully saturated rings. The fourth-order valence-electron chi connectivity index (χ4n) is 2.57. The lowest BCUT2D eigenvalue weighted by molar-refractivity contribution is 0.102. The van der Waals surface area contributed by atoms with E-state index >= 15 is 0 Å². The van der Waals surface area contributed by atoms with Gasteiger partial charge in [0.05, 0.1) is 23.9 Å². The number of thiazole rings is 1. The van der Waals surface area contributed by atoms with Crippen molar-refractivity contribution < 1.29 is 13.9 Å². The first-order valence-electron chi connectivity index (χ1n) is 7.67. The molecule has 2 heterocycles. The van der Waals surface area contributed by atoms with E-state index < -0.39 is 5.76 Å². The number of nitrogens with one attached hydrogen (secondary N) is 2. The Balaban J connectivity index is 1.59. The van der Waals surface area contributed by atoms with Gasteiger partial charge in [-0.3, -0.25) is 15.1 Å². The molecule has 4 rings (SSSR count). The first-order chi connectivity index (χ1) is 12.6. The third kappa shape index (κ3) is 2.98. The number of oxazole rings is 1. The molecule has 0 saturated carbocycles. The fraction of sp³-hybridized carbons (Fsp3) is 0.0556. The average Bonchev–Trinajstić information content (AvgIpc) is 3.26. The average molecular weight is 367 g/mol. The van der Waals surface area contributed by atoms with Crippen LogP contribution in [0.1, 0.15) is 10.4 Å². The van der Waals surface area contributed by atoms with Crippen LogP contribution < -0.4 is 15.8 Å². The largest absolute Gasteiger partial charge is 0.496 e. The first-order valence-corrected chi connectivity index (χ1v) is 8.55. The minimum Gasteiger partial charge on any atom is -0.496 e. The summed E-state index contributed by atoms with van der Waals surface area (Å²) in [5.41, 5.74) is 2.98. The van der Waals surface area contributed by atoms with Crippen molar-refractivity contribution in [3.8, 4) is 17.0 Å². The summed E-state index contributed by atoms with van der Waals surface area (Å²) >= 11 is 1.31. The molecule has 0 aliphatic carbocycles. The summed E-state index contributed by atoms with van der Waals surface area (Å²) < 4.78 is 10.3. The van der Waals surface area contributed by atoms with Crippen molar-refractivity contribution in [3.63, 3.8) is 0 Å². The normalized spacial score (nSPS) is 10.8. The molecule has 0 saturated heterocycles. The van der Waals surface area contributed by atoms with E-state index in [9.17, 15) is 9.59 Å². The summed E-state index contributed by atoms with van der Waals surface area (Å²) in [6.07, 6.45) is 0. The number of fused-ring (bicyclic) bond motifs is 1. The number of aromatic amines is 1. The molecule has 2 aromatic carbocycles. The van der Waals surface area contributed by atoms with Crippen molar-refractivity contribution in [1.29, 1.82) is 0 Å². The minimum atomic E-state index is -0.500. The second-order valence-electron chi connectivity index (χ2n) is 5.42. The van der Waals surface area contributed by atoms with Crippen LogP contribution in [0.15, 0.2) is 57.1 Å². The van der Waals surface area contributed by atoms with E-state index in [2.05, 4.69) is 15.3 Å². The highest BCUT2D eigenvalue weighted by Crippen LogP contribution is 2.28. The van der Waals surface area contributed by atoms with E-state index in [1.54, 1.807) is 36.4 Å². The van der Waals surface area contributed by atoms with E-state index in [4.69, 9.17) is 9.15 Å². The van der Waals surface area contributed by atoms with Gasteiger partial charge in [0.25, 0.3) is 5.91 Å². The fourth-order valence-corrected chi connectivity index (χ4v) is 3.28. The van der Waals surface area contributed by atoms with Gasteiger partial charge in [-0.15, -0.1) is 11.3 Å². The van der Waals surface area contributed by atoms with Crippen LogP contribution in [0.5, 0.6) is 5.75 Å². The molecule has 8 heteroatoms. The van der Waals surface area contributed by atoms with Crippen LogP contribution in [0.2, 0.25) is 0 Å². The van der Waals surface area contributed by atoms with Crippen molar-refractivity contribution >= 4 is 33.5 Å². The molecule has 0 unspecified atom stereocenters. The van der Waals surface area contributed by atoms with E-state index in [0.29, 0.717) is 33.2 Å². The van der Waals surface area contributed by atoms with E-state index in [-0.39, 0.29) is 5.91 Å². The number of hydrogen-bond acceptors (Lipinski definition) is 6. The Bertz CT molecular complexity index is 1160. The highest BCUT2D eigenvalue weighted by molar-refractivity contribution is 7.14. The third-order valence-corrected chi connectivity index (χ3v) is 4.55. The number of carbonyl (C=O) groups is 1. The Morgan fingerprint density at radius 2 is 2.12 bits per heavy atom. The van der Waals surface area contributed by atoms with E-state index in [1.807, 2.05) is 11.4 Å². The second kappa shape index (κ2) is 6.49. The number of benzene rings is 2. The van der Waals surface area contributed by atoms with Gasteiger partial charge in [-0.25, -0.2) is 9.78 Å². The van der Waals surface area contributed by atoms with Gasteiger partial charge in [-0.1, -0.05) is 18.2 Å². The number of nitrogens with zero attached hydrogens (tertiary/aromatic N) is 1. The topological polar surface area (TPSA) is 97.2 Å². The van der Waals surface area contributed by atoms with E-state index in [0.717, 1.165) is 5.56 Å². The van der Waals surface area contributed by atoms with Crippen molar-refractivity contribution in [2.45, 2.75) is 0 Å². The molecule has 2 aromatic heterocycles. The summed E-state index contributed by atoms with van der Waals surface area (Å²) in [6.45, 7) is 0. The SMILES string of the molecule is COc1ccccc1C(=O)Nc1nc(-c2ccc3[nH]c(=O)oc3c2)cs1. The van der Waals surface area contributed by atoms with Crippen LogP contribution in [0, 0.1) is 0 Å². The Morgan fingerprint density at radius 1 is 1.27 bits per heavy atom. The van der Waals surface area contributed by atoms with Crippen LogP contribution in [-0.2, 0) is 0 Å². The third-order valence-electron chi connectivity index (χ3n) is 3.79. The maximum Gasteiger partial charge on any atom is 0.417 e. The molecule has 1 amide bonds. The number of para-hydroxylation sites is 1. The number of anilines is 1. The lowest BCUT2D eigenvalue weighted by Gasteiger charge is -2.07.